The molecule has 0 amide bonds. The van der Waals surface area contributed by atoms with Crippen molar-refractivity contribution in [3.05, 3.63) is 42.0 Å². The fourth-order valence-electron chi connectivity index (χ4n) is 4.15. The first-order valence-electron chi connectivity index (χ1n) is 8.86. The summed E-state index contributed by atoms with van der Waals surface area (Å²) in [4.78, 5) is 8.66. The lowest BCUT2D eigenvalue weighted by Gasteiger charge is -2.56. The molecule has 1 fully saturated rings. The van der Waals surface area contributed by atoms with Crippen molar-refractivity contribution in [1.82, 2.24) is 25.5 Å². The van der Waals surface area contributed by atoms with Crippen LogP contribution in [0.25, 0.3) is 11.4 Å². The summed E-state index contributed by atoms with van der Waals surface area (Å²) in [7, 11) is 0. The van der Waals surface area contributed by atoms with Gasteiger partial charge in [0, 0.05) is 37.5 Å². The lowest BCUT2D eigenvalue weighted by molar-refractivity contribution is -0.00734. The van der Waals surface area contributed by atoms with Gasteiger partial charge < -0.3 is 5.32 Å². The molecule has 5 rings (SSSR count). The summed E-state index contributed by atoms with van der Waals surface area (Å²) in [5, 5.41) is 10.9. The molecule has 5 nitrogen and oxygen atoms in total. The Hall–Kier alpha value is -2.01. The quantitative estimate of drug-likeness (QED) is 0.633. The van der Waals surface area contributed by atoms with E-state index in [1.807, 2.05) is 12.1 Å². The van der Waals surface area contributed by atoms with E-state index in [1.165, 1.54) is 12.8 Å². The first-order valence-corrected chi connectivity index (χ1v) is 8.86. The molecule has 2 aromatic heterocycles. The van der Waals surface area contributed by atoms with Gasteiger partial charge in [0.1, 0.15) is 5.82 Å². The molecule has 0 unspecified atom stereocenters. The number of fused-ring (bicyclic) bond motifs is 1. The number of aromatic amines is 1. The smallest absolute Gasteiger partial charge is 0.182 e. The van der Waals surface area contributed by atoms with Crippen LogP contribution in [-0.4, -0.2) is 33.3 Å². The van der Waals surface area contributed by atoms with Gasteiger partial charge in [0.25, 0.3) is 0 Å². The topological polar surface area (TPSA) is 66.5 Å². The molecule has 24 heavy (non-hydrogen) atoms. The van der Waals surface area contributed by atoms with Gasteiger partial charge in [0.2, 0.25) is 0 Å². The molecule has 2 heterocycles. The summed E-state index contributed by atoms with van der Waals surface area (Å²) in [5.41, 5.74) is 3.06. The van der Waals surface area contributed by atoms with Gasteiger partial charge in [-0.3, -0.25) is 10.1 Å². The fraction of sp³-hybridized carbons (Fsp3) is 0.526. The van der Waals surface area contributed by atoms with E-state index in [0.717, 1.165) is 48.6 Å². The van der Waals surface area contributed by atoms with Gasteiger partial charge >= 0.3 is 0 Å². The van der Waals surface area contributed by atoms with Crippen molar-refractivity contribution >= 4 is 0 Å². The second-order valence-corrected chi connectivity index (χ2v) is 7.60. The average molecular weight is 323 g/mol. The number of H-pyrrole nitrogens is 1. The Morgan fingerprint density at radius 1 is 1.38 bits per heavy atom. The van der Waals surface area contributed by atoms with Crippen LogP contribution in [-0.2, 0) is 6.42 Å². The fourth-order valence-corrected chi connectivity index (χ4v) is 4.15. The van der Waals surface area contributed by atoms with Gasteiger partial charge in [-0.1, -0.05) is 25.5 Å². The van der Waals surface area contributed by atoms with E-state index in [1.54, 1.807) is 18.0 Å². The highest BCUT2D eigenvalue weighted by Gasteiger charge is 2.50. The van der Waals surface area contributed by atoms with Crippen LogP contribution in [0.15, 0.2) is 36.2 Å². The van der Waals surface area contributed by atoms with Gasteiger partial charge in [-0.2, -0.15) is 5.10 Å². The van der Waals surface area contributed by atoms with Crippen molar-refractivity contribution in [3.63, 3.8) is 0 Å². The Bertz CT molecular complexity index is 731. The van der Waals surface area contributed by atoms with E-state index >= 15 is 0 Å². The van der Waals surface area contributed by atoms with Crippen molar-refractivity contribution in [2.75, 3.05) is 13.1 Å². The molecule has 2 aromatic rings. The SMILES string of the molecule is CC1(C)[C@H]2CC=C(CNCCc3nc(-c4cccnc4)n[nH]3)[C@@H]1C2. The molecule has 0 radical (unpaired) electrons. The van der Waals surface area contributed by atoms with Crippen molar-refractivity contribution in [2.24, 2.45) is 17.3 Å². The largest absolute Gasteiger partial charge is 0.313 e. The van der Waals surface area contributed by atoms with Crippen LogP contribution in [0.3, 0.4) is 0 Å². The van der Waals surface area contributed by atoms with E-state index in [2.05, 4.69) is 45.4 Å². The van der Waals surface area contributed by atoms with Crippen molar-refractivity contribution in [3.8, 4) is 11.4 Å². The molecule has 1 saturated carbocycles. The van der Waals surface area contributed by atoms with E-state index in [0.29, 0.717) is 5.41 Å². The van der Waals surface area contributed by atoms with Gasteiger partial charge in [-0.05, 0) is 42.2 Å². The molecule has 0 spiro atoms. The maximum Gasteiger partial charge on any atom is 0.182 e. The standard InChI is InChI=1S/C19H25N5/c1-19(2)15-6-5-13(16(19)10-15)11-21-9-7-17-22-18(24-23-17)14-4-3-8-20-12-14/h3-5,8,12,15-16,21H,6-7,9-11H2,1-2H3,(H,22,23,24)/t15-,16-/m0/s1. The molecule has 3 aliphatic carbocycles. The van der Waals surface area contributed by atoms with Crippen LogP contribution < -0.4 is 5.32 Å². The lowest BCUT2D eigenvalue weighted by atomic mass is 9.49. The van der Waals surface area contributed by atoms with Gasteiger partial charge in [-0.25, -0.2) is 4.98 Å². The normalized spacial score (nSPS) is 24.3. The number of hydrogen-bond donors (Lipinski definition) is 2. The van der Waals surface area contributed by atoms with E-state index in [-0.39, 0.29) is 0 Å². The number of pyridine rings is 1. The zero-order chi connectivity index (χ0) is 16.6. The predicted octanol–water partition coefficient (Wildman–Crippen LogP) is 2.99. The molecule has 0 aliphatic heterocycles. The van der Waals surface area contributed by atoms with Crippen LogP contribution in [0.1, 0.15) is 32.5 Å². The van der Waals surface area contributed by atoms with E-state index in [9.17, 15) is 0 Å². The first kappa shape index (κ1) is 15.5. The Morgan fingerprint density at radius 3 is 3.04 bits per heavy atom. The number of nitrogens with one attached hydrogen (secondary N) is 2. The zero-order valence-electron chi connectivity index (χ0n) is 14.4. The Labute approximate surface area is 143 Å². The Kier molecular flexibility index (Phi) is 3.96. The maximum absolute atomic E-state index is 4.55. The minimum absolute atomic E-state index is 0.509. The van der Waals surface area contributed by atoms with Crippen LogP contribution >= 0.6 is 0 Å². The second kappa shape index (κ2) is 6.13. The van der Waals surface area contributed by atoms with Gasteiger partial charge in [0.15, 0.2) is 5.82 Å². The highest BCUT2D eigenvalue weighted by molar-refractivity contribution is 5.52. The maximum atomic E-state index is 4.55. The van der Waals surface area contributed by atoms with Crippen molar-refractivity contribution in [1.29, 1.82) is 0 Å². The lowest BCUT2D eigenvalue weighted by Crippen LogP contribution is -2.49. The summed E-state index contributed by atoms with van der Waals surface area (Å²) in [6, 6.07) is 3.87. The highest BCUT2D eigenvalue weighted by atomic mass is 15.2. The highest BCUT2D eigenvalue weighted by Crippen LogP contribution is 2.58. The number of rotatable bonds is 6. The average Bonchev–Trinajstić information content (AvgIpc) is 3.08. The molecule has 2 N–H and O–H groups in total. The van der Waals surface area contributed by atoms with Crippen LogP contribution in [0.2, 0.25) is 0 Å². The van der Waals surface area contributed by atoms with Crippen LogP contribution in [0, 0.1) is 17.3 Å². The summed E-state index contributed by atoms with van der Waals surface area (Å²) < 4.78 is 0. The summed E-state index contributed by atoms with van der Waals surface area (Å²) in [6.07, 6.45) is 9.51. The summed E-state index contributed by atoms with van der Waals surface area (Å²) >= 11 is 0. The molecule has 0 saturated heterocycles. The summed E-state index contributed by atoms with van der Waals surface area (Å²) in [5.74, 6) is 3.33. The minimum atomic E-state index is 0.509. The van der Waals surface area contributed by atoms with Crippen LogP contribution in [0.4, 0.5) is 0 Å². The van der Waals surface area contributed by atoms with Crippen molar-refractivity contribution in [2.45, 2.75) is 33.1 Å². The first-order chi connectivity index (χ1) is 11.6. The molecule has 2 atom stereocenters. The Balaban J connectivity index is 1.27. The van der Waals surface area contributed by atoms with Crippen molar-refractivity contribution < 1.29 is 0 Å². The number of aromatic nitrogens is 4. The molecular weight excluding hydrogens is 298 g/mol. The molecular formula is C19H25N5. The second-order valence-electron chi connectivity index (χ2n) is 7.60. The minimum Gasteiger partial charge on any atom is -0.313 e. The molecule has 3 aliphatic rings. The summed E-state index contributed by atoms with van der Waals surface area (Å²) in [6.45, 7) is 6.76. The monoisotopic (exact) mass is 323 g/mol. The predicted molar refractivity (Wildman–Crippen MR) is 94.3 cm³/mol. The number of allylic oxidation sites excluding steroid dienone is 1. The van der Waals surface area contributed by atoms with E-state index in [4.69, 9.17) is 0 Å². The third-order valence-corrected chi connectivity index (χ3v) is 5.90. The molecule has 0 aromatic carbocycles. The van der Waals surface area contributed by atoms with E-state index < -0.39 is 0 Å². The van der Waals surface area contributed by atoms with Crippen LogP contribution in [0.5, 0.6) is 0 Å². The Morgan fingerprint density at radius 2 is 2.29 bits per heavy atom. The molecule has 5 heteroatoms. The third-order valence-electron chi connectivity index (χ3n) is 5.90. The number of nitrogens with zero attached hydrogens (tertiary/aromatic N) is 3. The van der Waals surface area contributed by atoms with Gasteiger partial charge in [-0.15, -0.1) is 0 Å². The third kappa shape index (κ3) is 2.77. The van der Waals surface area contributed by atoms with Gasteiger partial charge in [0.05, 0.1) is 0 Å². The number of hydrogen-bond acceptors (Lipinski definition) is 4. The molecule has 126 valence electrons. The zero-order valence-corrected chi connectivity index (χ0v) is 14.4. The molecule has 2 bridgehead atoms.